The summed E-state index contributed by atoms with van der Waals surface area (Å²) in [7, 11) is -2.43. The van der Waals surface area contributed by atoms with Crippen LogP contribution < -0.4 is 0 Å². The number of fused-ring (bicyclic) bond motifs is 1. The van der Waals surface area contributed by atoms with Crippen LogP contribution in [0.25, 0.3) is 0 Å². The third kappa shape index (κ3) is 3.73. The van der Waals surface area contributed by atoms with Gasteiger partial charge in [0, 0.05) is 32.3 Å². The molecular weight excluding hydrogens is 439 g/mol. The second kappa shape index (κ2) is 7.40. The molecule has 0 bridgehead atoms. The highest BCUT2D eigenvalue weighted by molar-refractivity contribution is 7.89. The van der Waals surface area contributed by atoms with Crippen molar-refractivity contribution < 1.29 is 21.6 Å². The summed E-state index contributed by atoms with van der Waals surface area (Å²) in [5.41, 5.74) is 1.43. The summed E-state index contributed by atoms with van der Waals surface area (Å²) in [4.78, 5) is -0.441. The SMILES string of the molecule is Cn1cc(C2CN(S(=O)(=O)c3ccc(Cl)c(C(F)(F)F)c3)Cc3ccccc32)cn1. The number of hydrogen-bond acceptors (Lipinski definition) is 3. The Morgan fingerprint density at radius 1 is 1.17 bits per heavy atom. The van der Waals surface area contributed by atoms with E-state index in [4.69, 9.17) is 11.6 Å². The lowest BCUT2D eigenvalue weighted by molar-refractivity contribution is -0.137. The molecule has 2 aromatic carbocycles. The van der Waals surface area contributed by atoms with Crippen LogP contribution in [-0.4, -0.2) is 29.0 Å². The Balaban J connectivity index is 1.77. The van der Waals surface area contributed by atoms with Crippen LogP contribution in [0.5, 0.6) is 0 Å². The molecule has 1 aromatic heterocycles. The monoisotopic (exact) mass is 455 g/mol. The van der Waals surface area contributed by atoms with Gasteiger partial charge >= 0.3 is 6.18 Å². The Bertz CT molecular complexity index is 1210. The third-order valence-electron chi connectivity index (χ3n) is 5.17. The van der Waals surface area contributed by atoms with Crippen molar-refractivity contribution in [3.63, 3.8) is 0 Å². The van der Waals surface area contributed by atoms with E-state index in [-0.39, 0.29) is 19.0 Å². The van der Waals surface area contributed by atoms with Gasteiger partial charge in [-0.25, -0.2) is 8.42 Å². The van der Waals surface area contributed by atoms with E-state index in [0.29, 0.717) is 6.07 Å². The second-order valence-electron chi connectivity index (χ2n) is 7.14. The Labute approximate surface area is 176 Å². The van der Waals surface area contributed by atoms with E-state index < -0.39 is 31.7 Å². The van der Waals surface area contributed by atoms with Gasteiger partial charge in [-0.3, -0.25) is 4.68 Å². The third-order valence-corrected chi connectivity index (χ3v) is 7.31. The highest BCUT2D eigenvalue weighted by Gasteiger charge is 2.38. The van der Waals surface area contributed by atoms with Gasteiger partial charge in [0.05, 0.1) is 21.7 Å². The number of rotatable bonds is 3. The summed E-state index contributed by atoms with van der Waals surface area (Å²) < 4.78 is 69.1. The molecule has 158 valence electrons. The zero-order chi connectivity index (χ0) is 21.7. The van der Waals surface area contributed by atoms with Gasteiger partial charge in [0.15, 0.2) is 0 Å². The minimum Gasteiger partial charge on any atom is -0.276 e. The maximum Gasteiger partial charge on any atom is 0.417 e. The van der Waals surface area contributed by atoms with Gasteiger partial charge in [-0.05, 0) is 34.9 Å². The quantitative estimate of drug-likeness (QED) is 0.587. The highest BCUT2D eigenvalue weighted by atomic mass is 35.5. The summed E-state index contributed by atoms with van der Waals surface area (Å²) >= 11 is 5.65. The molecule has 3 aromatic rings. The number of aromatic nitrogens is 2. The van der Waals surface area contributed by atoms with Crippen molar-refractivity contribution in [3.8, 4) is 0 Å². The normalized spacial score (nSPS) is 17.7. The van der Waals surface area contributed by atoms with Crippen molar-refractivity contribution in [2.24, 2.45) is 7.05 Å². The fourth-order valence-electron chi connectivity index (χ4n) is 3.69. The fourth-order valence-corrected chi connectivity index (χ4v) is 5.38. The average Bonchev–Trinajstić information content (AvgIpc) is 3.12. The summed E-state index contributed by atoms with van der Waals surface area (Å²) in [6.07, 6.45) is -1.28. The van der Waals surface area contributed by atoms with Crippen molar-refractivity contribution in [1.29, 1.82) is 0 Å². The molecule has 4 rings (SSSR count). The van der Waals surface area contributed by atoms with E-state index in [1.165, 1.54) is 4.31 Å². The Kier molecular flexibility index (Phi) is 5.16. The number of alkyl halides is 3. The van der Waals surface area contributed by atoms with Crippen LogP contribution in [-0.2, 0) is 29.8 Å². The van der Waals surface area contributed by atoms with Gasteiger partial charge < -0.3 is 0 Å². The molecule has 0 saturated carbocycles. The number of benzene rings is 2. The van der Waals surface area contributed by atoms with E-state index in [0.717, 1.165) is 28.8 Å². The molecular formula is C20H17ClF3N3O2S. The van der Waals surface area contributed by atoms with Crippen molar-refractivity contribution in [2.75, 3.05) is 6.54 Å². The van der Waals surface area contributed by atoms with Crippen LogP contribution in [0.1, 0.15) is 28.2 Å². The van der Waals surface area contributed by atoms with Gasteiger partial charge in [-0.15, -0.1) is 0 Å². The van der Waals surface area contributed by atoms with Gasteiger partial charge in [-0.1, -0.05) is 35.9 Å². The molecule has 1 unspecified atom stereocenters. The first-order valence-corrected chi connectivity index (χ1v) is 10.8. The van der Waals surface area contributed by atoms with Crippen molar-refractivity contribution in [3.05, 3.63) is 82.1 Å². The lowest BCUT2D eigenvalue weighted by Crippen LogP contribution is -2.38. The molecule has 1 aliphatic rings. The molecule has 2 heterocycles. The van der Waals surface area contributed by atoms with Crippen LogP contribution in [0.3, 0.4) is 0 Å². The number of halogens is 4. The van der Waals surface area contributed by atoms with Crippen LogP contribution in [0.15, 0.2) is 59.8 Å². The van der Waals surface area contributed by atoms with Gasteiger partial charge in [0.2, 0.25) is 10.0 Å². The largest absolute Gasteiger partial charge is 0.417 e. The number of hydrogen-bond donors (Lipinski definition) is 0. The summed E-state index contributed by atoms with van der Waals surface area (Å²) in [5.74, 6) is -0.284. The van der Waals surface area contributed by atoms with Crippen LogP contribution in [0, 0.1) is 0 Å². The average molecular weight is 456 g/mol. The Hall–Kier alpha value is -2.36. The molecule has 0 radical (unpaired) electrons. The summed E-state index contributed by atoms with van der Waals surface area (Å²) in [6, 6.07) is 10.1. The van der Waals surface area contributed by atoms with Crippen molar-refractivity contribution in [2.45, 2.75) is 23.5 Å². The van der Waals surface area contributed by atoms with E-state index in [2.05, 4.69) is 5.10 Å². The molecule has 0 aliphatic carbocycles. The van der Waals surface area contributed by atoms with E-state index >= 15 is 0 Å². The molecule has 0 fully saturated rings. The molecule has 1 aliphatic heterocycles. The molecule has 30 heavy (non-hydrogen) atoms. The predicted molar refractivity (Wildman–Crippen MR) is 106 cm³/mol. The zero-order valence-corrected chi connectivity index (χ0v) is 17.3. The Morgan fingerprint density at radius 3 is 2.57 bits per heavy atom. The van der Waals surface area contributed by atoms with Gasteiger partial charge in [0.1, 0.15) is 0 Å². The maximum atomic E-state index is 13.3. The molecule has 1 atom stereocenters. The second-order valence-corrected chi connectivity index (χ2v) is 9.48. The minimum atomic E-state index is -4.75. The van der Waals surface area contributed by atoms with E-state index in [1.807, 2.05) is 24.4 Å². The first kappa shape index (κ1) is 20.9. The number of aryl methyl sites for hydroxylation is 1. The van der Waals surface area contributed by atoms with Crippen LogP contribution in [0.4, 0.5) is 13.2 Å². The molecule has 5 nitrogen and oxygen atoms in total. The van der Waals surface area contributed by atoms with Gasteiger partial charge in [-0.2, -0.15) is 22.6 Å². The molecule has 0 spiro atoms. The summed E-state index contributed by atoms with van der Waals surface area (Å²) in [5, 5.41) is 3.62. The molecule has 10 heteroatoms. The zero-order valence-electron chi connectivity index (χ0n) is 15.8. The number of nitrogens with zero attached hydrogens (tertiary/aromatic N) is 3. The van der Waals surface area contributed by atoms with E-state index in [1.54, 1.807) is 24.0 Å². The number of sulfonamides is 1. The van der Waals surface area contributed by atoms with Crippen molar-refractivity contribution >= 4 is 21.6 Å². The van der Waals surface area contributed by atoms with Crippen LogP contribution in [0.2, 0.25) is 5.02 Å². The first-order valence-electron chi connectivity index (χ1n) is 9.00. The topological polar surface area (TPSA) is 55.2 Å². The minimum absolute atomic E-state index is 0.0687. The Morgan fingerprint density at radius 2 is 1.90 bits per heavy atom. The molecule has 0 amide bonds. The highest BCUT2D eigenvalue weighted by Crippen LogP contribution is 2.39. The lowest BCUT2D eigenvalue weighted by atomic mass is 9.87. The molecule has 0 N–H and O–H groups in total. The van der Waals surface area contributed by atoms with E-state index in [9.17, 15) is 21.6 Å². The first-order chi connectivity index (χ1) is 14.1. The smallest absolute Gasteiger partial charge is 0.276 e. The predicted octanol–water partition coefficient (Wildman–Crippen LogP) is 4.43. The van der Waals surface area contributed by atoms with Crippen molar-refractivity contribution in [1.82, 2.24) is 14.1 Å². The lowest BCUT2D eigenvalue weighted by Gasteiger charge is -2.33. The summed E-state index contributed by atoms with van der Waals surface area (Å²) in [6.45, 7) is 0.161. The molecule has 0 saturated heterocycles. The fraction of sp³-hybridized carbons (Fsp3) is 0.250. The van der Waals surface area contributed by atoms with Gasteiger partial charge in [0.25, 0.3) is 0 Å². The van der Waals surface area contributed by atoms with Crippen LogP contribution >= 0.6 is 11.6 Å². The standard InChI is InChI=1S/C20H17ClF3N3O2S/c1-26-10-14(9-25-26)17-12-27(11-13-4-2-3-5-16(13)17)30(28,29)15-6-7-19(21)18(8-15)20(22,23)24/h2-10,17H,11-12H2,1H3. The maximum absolute atomic E-state index is 13.3.